The number of hydrogen-bond acceptors (Lipinski definition) is 4. The highest BCUT2D eigenvalue weighted by Crippen LogP contribution is 2.19. The van der Waals surface area contributed by atoms with Crippen LogP contribution in [0.4, 0.5) is 5.00 Å². The third kappa shape index (κ3) is 2.97. The molecular formula is C12H21N3S. The fraction of sp³-hybridized carbons (Fsp3) is 0.667. The summed E-state index contributed by atoms with van der Waals surface area (Å²) < 4.78 is 0. The highest BCUT2D eigenvalue weighted by molar-refractivity contribution is 7.14. The molecule has 0 saturated carbocycles. The molecule has 1 aromatic rings. The Bertz CT molecular complexity index is 302. The van der Waals surface area contributed by atoms with Crippen molar-refractivity contribution in [2.45, 2.75) is 19.4 Å². The summed E-state index contributed by atoms with van der Waals surface area (Å²) in [5.74, 6) is 0. The molecule has 0 amide bonds. The van der Waals surface area contributed by atoms with E-state index in [4.69, 9.17) is 0 Å². The van der Waals surface area contributed by atoms with E-state index >= 15 is 0 Å². The standard InChI is InChI=1S/C12H21N3S/c1-12(2,15-7-5-13-6-8-15)10-14-11-4-3-9-16-11/h3-4,9,13-14H,5-8,10H2,1-2H3. The smallest absolute Gasteiger partial charge is 0.0883 e. The molecule has 0 atom stereocenters. The molecule has 1 saturated heterocycles. The molecule has 90 valence electrons. The van der Waals surface area contributed by atoms with Gasteiger partial charge in [0.1, 0.15) is 0 Å². The summed E-state index contributed by atoms with van der Waals surface area (Å²) in [4.78, 5) is 2.56. The number of thiophene rings is 1. The molecule has 0 unspecified atom stereocenters. The van der Waals surface area contributed by atoms with E-state index < -0.39 is 0 Å². The summed E-state index contributed by atoms with van der Waals surface area (Å²) in [5, 5.41) is 10.3. The Morgan fingerprint density at radius 2 is 2.19 bits per heavy atom. The van der Waals surface area contributed by atoms with E-state index in [1.165, 1.54) is 5.00 Å². The maximum Gasteiger partial charge on any atom is 0.0883 e. The average Bonchev–Trinajstić information content (AvgIpc) is 2.81. The lowest BCUT2D eigenvalue weighted by Gasteiger charge is -2.41. The zero-order valence-electron chi connectivity index (χ0n) is 10.1. The Kier molecular flexibility index (Phi) is 3.84. The Labute approximate surface area is 102 Å². The summed E-state index contributed by atoms with van der Waals surface area (Å²) in [7, 11) is 0. The average molecular weight is 239 g/mol. The van der Waals surface area contributed by atoms with Crippen LogP contribution >= 0.6 is 11.3 Å². The summed E-state index contributed by atoms with van der Waals surface area (Å²) in [6, 6.07) is 4.23. The maximum atomic E-state index is 3.52. The molecule has 2 heterocycles. The van der Waals surface area contributed by atoms with Crippen LogP contribution in [0, 0.1) is 0 Å². The first-order valence-corrected chi connectivity index (χ1v) is 6.80. The van der Waals surface area contributed by atoms with Crippen molar-refractivity contribution >= 4 is 16.3 Å². The molecule has 4 heteroatoms. The Morgan fingerprint density at radius 3 is 2.81 bits per heavy atom. The van der Waals surface area contributed by atoms with Crippen LogP contribution in [0.2, 0.25) is 0 Å². The molecule has 16 heavy (non-hydrogen) atoms. The van der Waals surface area contributed by atoms with E-state index in [2.05, 4.69) is 46.9 Å². The molecule has 0 aromatic carbocycles. The van der Waals surface area contributed by atoms with E-state index in [1.807, 2.05) is 0 Å². The highest BCUT2D eigenvalue weighted by Gasteiger charge is 2.27. The second-order valence-electron chi connectivity index (χ2n) is 4.88. The van der Waals surface area contributed by atoms with Crippen LogP contribution in [0.15, 0.2) is 17.5 Å². The Balaban J connectivity index is 1.86. The highest BCUT2D eigenvalue weighted by atomic mass is 32.1. The number of nitrogens with one attached hydrogen (secondary N) is 2. The van der Waals surface area contributed by atoms with Gasteiger partial charge in [0.2, 0.25) is 0 Å². The molecule has 1 aliphatic rings. The van der Waals surface area contributed by atoms with Crippen molar-refractivity contribution in [3.8, 4) is 0 Å². The van der Waals surface area contributed by atoms with Crippen molar-refractivity contribution in [1.29, 1.82) is 0 Å². The minimum Gasteiger partial charge on any atom is -0.375 e. The normalized spacial score (nSPS) is 18.6. The molecule has 3 nitrogen and oxygen atoms in total. The van der Waals surface area contributed by atoms with Crippen LogP contribution in [-0.4, -0.2) is 43.2 Å². The number of hydrogen-bond donors (Lipinski definition) is 2. The molecule has 1 fully saturated rings. The summed E-state index contributed by atoms with van der Waals surface area (Å²) >= 11 is 1.77. The molecule has 0 spiro atoms. The van der Waals surface area contributed by atoms with Crippen LogP contribution in [0.3, 0.4) is 0 Å². The van der Waals surface area contributed by atoms with Crippen molar-refractivity contribution < 1.29 is 0 Å². The van der Waals surface area contributed by atoms with Crippen molar-refractivity contribution in [3.63, 3.8) is 0 Å². The van der Waals surface area contributed by atoms with Crippen LogP contribution in [0.1, 0.15) is 13.8 Å². The molecule has 0 radical (unpaired) electrons. The minimum absolute atomic E-state index is 0.228. The largest absolute Gasteiger partial charge is 0.375 e. The SMILES string of the molecule is CC(C)(CNc1cccs1)N1CCNCC1. The second kappa shape index (κ2) is 5.17. The first-order valence-electron chi connectivity index (χ1n) is 5.92. The van der Waals surface area contributed by atoms with Gasteiger partial charge in [-0.2, -0.15) is 0 Å². The number of piperazine rings is 1. The predicted octanol–water partition coefficient (Wildman–Crippen LogP) is 1.84. The van der Waals surface area contributed by atoms with E-state index in [1.54, 1.807) is 11.3 Å². The monoisotopic (exact) mass is 239 g/mol. The lowest BCUT2D eigenvalue weighted by Crippen LogP contribution is -2.56. The maximum absolute atomic E-state index is 3.52. The van der Waals surface area contributed by atoms with Crippen LogP contribution in [0.5, 0.6) is 0 Å². The van der Waals surface area contributed by atoms with Crippen LogP contribution < -0.4 is 10.6 Å². The van der Waals surface area contributed by atoms with E-state index in [0.29, 0.717) is 0 Å². The van der Waals surface area contributed by atoms with Crippen LogP contribution in [-0.2, 0) is 0 Å². The van der Waals surface area contributed by atoms with Gasteiger partial charge in [-0.3, -0.25) is 4.90 Å². The topological polar surface area (TPSA) is 27.3 Å². The molecule has 0 bridgehead atoms. The van der Waals surface area contributed by atoms with Crippen molar-refractivity contribution in [1.82, 2.24) is 10.2 Å². The molecule has 1 aromatic heterocycles. The molecule has 2 N–H and O–H groups in total. The van der Waals surface area contributed by atoms with Gasteiger partial charge >= 0.3 is 0 Å². The zero-order chi connectivity index (χ0) is 11.4. The van der Waals surface area contributed by atoms with Gasteiger partial charge in [-0.25, -0.2) is 0 Å². The molecule has 1 aliphatic heterocycles. The Morgan fingerprint density at radius 1 is 1.44 bits per heavy atom. The first kappa shape index (κ1) is 11.9. The fourth-order valence-electron chi connectivity index (χ4n) is 2.06. The Hall–Kier alpha value is -0.580. The number of rotatable bonds is 4. The third-order valence-electron chi connectivity index (χ3n) is 3.19. The van der Waals surface area contributed by atoms with Gasteiger partial charge in [-0.05, 0) is 31.4 Å². The van der Waals surface area contributed by atoms with Gasteiger partial charge in [0.05, 0.1) is 5.00 Å². The number of anilines is 1. The number of nitrogens with zero attached hydrogens (tertiary/aromatic N) is 1. The summed E-state index contributed by atoms with van der Waals surface area (Å²) in [5.41, 5.74) is 0.228. The predicted molar refractivity (Wildman–Crippen MR) is 71.3 cm³/mol. The molecule has 0 aliphatic carbocycles. The minimum atomic E-state index is 0.228. The van der Waals surface area contributed by atoms with Gasteiger partial charge < -0.3 is 10.6 Å². The second-order valence-corrected chi connectivity index (χ2v) is 5.83. The van der Waals surface area contributed by atoms with E-state index in [9.17, 15) is 0 Å². The van der Waals surface area contributed by atoms with Gasteiger partial charge in [-0.1, -0.05) is 0 Å². The zero-order valence-corrected chi connectivity index (χ0v) is 10.9. The fourth-order valence-corrected chi connectivity index (χ4v) is 2.68. The van der Waals surface area contributed by atoms with Crippen molar-refractivity contribution in [2.75, 3.05) is 38.0 Å². The van der Waals surface area contributed by atoms with E-state index in [0.717, 1.165) is 32.7 Å². The lowest BCUT2D eigenvalue weighted by molar-refractivity contribution is 0.114. The lowest BCUT2D eigenvalue weighted by atomic mass is 10.0. The van der Waals surface area contributed by atoms with Gasteiger partial charge in [0.25, 0.3) is 0 Å². The van der Waals surface area contributed by atoms with Crippen molar-refractivity contribution in [2.24, 2.45) is 0 Å². The van der Waals surface area contributed by atoms with Gasteiger partial charge in [0.15, 0.2) is 0 Å². The van der Waals surface area contributed by atoms with Crippen LogP contribution in [0.25, 0.3) is 0 Å². The van der Waals surface area contributed by atoms with Gasteiger partial charge in [-0.15, -0.1) is 11.3 Å². The van der Waals surface area contributed by atoms with E-state index in [-0.39, 0.29) is 5.54 Å². The molecule has 2 rings (SSSR count). The first-order chi connectivity index (χ1) is 7.68. The quantitative estimate of drug-likeness (QED) is 0.839. The van der Waals surface area contributed by atoms with Gasteiger partial charge in [0, 0.05) is 38.3 Å². The van der Waals surface area contributed by atoms with Crippen molar-refractivity contribution in [3.05, 3.63) is 17.5 Å². The summed E-state index contributed by atoms with van der Waals surface area (Å²) in [6.07, 6.45) is 0. The molecular weight excluding hydrogens is 218 g/mol. The summed E-state index contributed by atoms with van der Waals surface area (Å²) in [6.45, 7) is 10.2. The third-order valence-corrected chi connectivity index (χ3v) is 4.02.